The summed E-state index contributed by atoms with van der Waals surface area (Å²) in [5, 5.41) is 2.23. The number of benzene rings is 8. The van der Waals surface area contributed by atoms with Gasteiger partial charge in [0.25, 0.3) is 0 Å². The van der Waals surface area contributed by atoms with Crippen LogP contribution in [0.5, 0.6) is 0 Å². The van der Waals surface area contributed by atoms with E-state index in [0.717, 1.165) is 39.0 Å². The van der Waals surface area contributed by atoms with Crippen LogP contribution >= 0.6 is 0 Å². The SMILES string of the molecule is CC1(C)c2ccccc2-c2ccc(N(c3cccc(-c4ccccc4)c3)c3cccc4c3oc3c(C5(C)c6ccccc6-c6ccccc65)cccc34)cc21. The molecule has 262 valence electrons. The standard InChI is InChI=1S/C53H39NO/c1-52(2)44-25-10-7-20-38(44)41-31-30-37(33-48(41)52)54(36-19-13-18-35(32-36)34-16-5-4-6-17-34)49-29-15-24-43-42-23-14-28-47(50(42)55-51(43)49)53(3)45-26-11-8-21-39(45)40-22-9-12-27-46(40)53/h4-33H,1-3H3. The second kappa shape index (κ2) is 11.7. The van der Waals surface area contributed by atoms with Gasteiger partial charge in [0.15, 0.2) is 5.58 Å². The van der Waals surface area contributed by atoms with Crippen molar-refractivity contribution < 1.29 is 4.42 Å². The average Bonchev–Trinajstić information content (AvgIpc) is 3.83. The maximum Gasteiger partial charge on any atom is 0.159 e. The third-order valence-corrected chi connectivity index (χ3v) is 12.5. The van der Waals surface area contributed by atoms with Crippen LogP contribution in [-0.4, -0.2) is 0 Å². The molecule has 0 amide bonds. The van der Waals surface area contributed by atoms with Gasteiger partial charge in [-0.3, -0.25) is 0 Å². The molecule has 55 heavy (non-hydrogen) atoms. The molecule has 0 radical (unpaired) electrons. The number of anilines is 3. The molecule has 1 aromatic heterocycles. The Hall–Kier alpha value is -6.64. The Balaban J connectivity index is 1.16. The molecule has 0 aliphatic heterocycles. The maximum atomic E-state index is 7.30. The van der Waals surface area contributed by atoms with Gasteiger partial charge in [-0.25, -0.2) is 0 Å². The zero-order valence-electron chi connectivity index (χ0n) is 31.2. The summed E-state index contributed by atoms with van der Waals surface area (Å²) in [7, 11) is 0. The van der Waals surface area contributed by atoms with Gasteiger partial charge in [-0.1, -0.05) is 166 Å². The molecule has 2 aliphatic rings. The van der Waals surface area contributed by atoms with Crippen LogP contribution in [0.4, 0.5) is 17.1 Å². The molecule has 0 fully saturated rings. The van der Waals surface area contributed by atoms with E-state index in [-0.39, 0.29) is 10.8 Å². The fourth-order valence-corrected chi connectivity index (χ4v) is 9.83. The number of furan rings is 1. The average molecular weight is 706 g/mol. The largest absolute Gasteiger partial charge is 0.454 e. The Morgan fingerprint density at radius 1 is 0.382 bits per heavy atom. The quantitative estimate of drug-likeness (QED) is 0.177. The molecule has 2 nitrogen and oxygen atoms in total. The summed E-state index contributed by atoms with van der Waals surface area (Å²) < 4.78 is 7.30. The van der Waals surface area contributed by atoms with E-state index >= 15 is 0 Å². The zero-order chi connectivity index (χ0) is 36.9. The molecule has 0 N–H and O–H groups in total. The van der Waals surface area contributed by atoms with Crippen molar-refractivity contribution in [2.75, 3.05) is 4.90 Å². The van der Waals surface area contributed by atoms with Gasteiger partial charge >= 0.3 is 0 Å². The first-order chi connectivity index (χ1) is 26.9. The van der Waals surface area contributed by atoms with E-state index in [1.165, 1.54) is 61.2 Å². The van der Waals surface area contributed by atoms with Gasteiger partial charge in [-0.2, -0.15) is 0 Å². The second-order valence-corrected chi connectivity index (χ2v) is 15.8. The van der Waals surface area contributed by atoms with E-state index in [1.807, 2.05) is 0 Å². The van der Waals surface area contributed by atoms with Crippen LogP contribution in [0.1, 0.15) is 48.6 Å². The highest BCUT2D eigenvalue weighted by Crippen LogP contribution is 2.55. The van der Waals surface area contributed by atoms with Gasteiger partial charge in [-0.15, -0.1) is 0 Å². The first kappa shape index (κ1) is 31.8. The van der Waals surface area contributed by atoms with Crippen molar-refractivity contribution in [2.45, 2.75) is 31.6 Å². The lowest BCUT2D eigenvalue weighted by Gasteiger charge is -2.28. The van der Waals surface area contributed by atoms with Gasteiger partial charge in [-0.05, 0) is 92.9 Å². The minimum Gasteiger partial charge on any atom is -0.454 e. The van der Waals surface area contributed by atoms with Crippen molar-refractivity contribution in [1.82, 2.24) is 0 Å². The predicted octanol–water partition coefficient (Wildman–Crippen LogP) is 14.4. The molecule has 1 heterocycles. The van der Waals surface area contributed by atoms with Crippen LogP contribution < -0.4 is 4.90 Å². The van der Waals surface area contributed by atoms with Crippen molar-refractivity contribution in [1.29, 1.82) is 0 Å². The van der Waals surface area contributed by atoms with Gasteiger partial charge in [0.2, 0.25) is 0 Å². The third-order valence-electron chi connectivity index (χ3n) is 12.5. The lowest BCUT2D eigenvalue weighted by Crippen LogP contribution is -2.22. The van der Waals surface area contributed by atoms with Crippen molar-refractivity contribution in [3.63, 3.8) is 0 Å². The topological polar surface area (TPSA) is 16.4 Å². The molecular weight excluding hydrogens is 667 g/mol. The zero-order valence-corrected chi connectivity index (χ0v) is 31.2. The number of hydrogen-bond acceptors (Lipinski definition) is 2. The third kappa shape index (κ3) is 4.49. The van der Waals surface area contributed by atoms with Crippen LogP contribution in [0.15, 0.2) is 186 Å². The number of hydrogen-bond donors (Lipinski definition) is 0. The molecule has 0 saturated heterocycles. The summed E-state index contributed by atoms with van der Waals surface area (Å²) in [6.07, 6.45) is 0. The monoisotopic (exact) mass is 705 g/mol. The fourth-order valence-electron chi connectivity index (χ4n) is 9.83. The Bertz CT molecular complexity index is 2940. The predicted molar refractivity (Wildman–Crippen MR) is 229 cm³/mol. The molecule has 8 aromatic carbocycles. The van der Waals surface area contributed by atoms with E-state index < -0.39 is 0 Å². The summed E-state index contributed by atoms with van der Waals surface area (Å²) in [5.41, 5.74) is 18.5. The summed E-state index contributed by atoms with van der Waals surface area (Å²) in [4.78, 5) is 2.40. The molecule has 0 unspecified atom stereocenters. The minimum atomic E-state index is -0.384. The van der Waals surface area contributed by atoms with E-state index in [9.17, 15) is 0 Å². The highest BCUT2D eigenvalue weighted by molar-refractivity contribution is 6.12. The molecule has 0 saturated carbocycles. The number of nitrogens with zero attached hydrogens (tertiary/aromatic N) is 1. The van der Waals surface area contributed by atoms with Gasteiger partial charge < -0.3 is 9.32 Å². The van der Waals surface area contributed by atoms with Crippen LogP contribution in [0, 0.1) is 0 Å². The molecule has 9 aromatic rings. The van der Waals surface area contributed by atoms with Crippen molar-refractivity contribution in [3.05, 3.63) is 210 Å². The molecule has 11 rings (SSSR count). The Morgan fingerprint density at radius 3 is 1.64 bits per heavy atom. The Morgan fingerprint density at radius 2 is 0.909 bits per heavy atom. The summed E-state index contributed by atoms with van der Waals surface area (Å²) >= 11 is 0. The summed E-state index contributed by atoms with van der Waals surface area (Å²) in [6, 6.07) is 66.4. The van der Waals surface area contributed by atoms with Crippen molar-refractivity contribution in [2.24, 2.45) is 0 Å². The Kier molecular flexibility index (Phi) is 6.76. The Labute approximate surface area is 322 Å². The summed E-state index contributed by atoms with van der Waals surface area (Å²) in [6.45, 7) is 7.07. The van der Waals surface area contributed by atoms with Crippen LogP contribution in [0.25, 0.3) is 55.3 Å². The first-order valence-corrected chi connectivity index (χ1v) is 19.3. The molecule has 0 atom stereocenters. The normalized spacial score (nSPS) is 14.4. The minimum absolute atomic E-state index is 0.136. The smallest absolute Gasteiger partial charge is 0.159 e. The molecule has 0 bridgehead atoms. The van der Waals surface area contributed by atoms with Crippen LogP contribution in [0.2, 0.25) is 0 Å². The van der Waals surface area contributed by atoms with Crippen LogP contribution in [0.3, 0.4) is 0 Å². The van der Waals surface area contributed by atoms with Gasteiger partial charge in [0, 0.05) is 38.5 Å². The molecule has 2 aliphatic carbocycles. The fraction of sp³-hybridized carbons (Fsp3) is 0.0943. The van der Waals surface area contributed by atoms with E-state index in [0.29, 0.717) is 0 Å². The lowest BCUT2D eigenvalue weighted by molar-refractivity contribution is 0.638. The van der Waals surface area contributed by atoms with Gasteiger partial charge in [0.05, 0.1) is 5.69 Å². The lowest BCUT2D eigenvalue weighted by atomic mass is 9.74. The maximum absolute atomic E-state index is 7.30. The number of fused-ring (bicyclic) bond motifs is 9. The molecule has 2 heteroatoms. The van der Waals surface area contributed by atoms with E-state index in [1.54, 1.807) is 0 Å². The number of para-hydroxylation sites is 2. The highest BCUT2D eigenvalue weighted by Gasteiger charge is 2.42. The van der Waals surface area contributed by atoms with Crippen LogP contribution in [-0.2, 0) is 10.8 Å². The van der Waals surface area contributed by atoms with Crippen molar-refractivity contribution >= 4 is 39.0 Å². The van der Waals surface area contributed by atoms with E-state index in [2.05, 4.69) is 208 Å². The number of rotatable bonds is 5. The molecule has 0 spiro atoms. The second-order valence-electron chi connectivity index (χ2n) is 15.8. The summed E-state index contributed by atoms with van der Waals surface area (Å²) in [5.74, 6) is 0. The first-order valence-electron chi connectivity index (χ1n) is 19.3. The highest BCUT2D eigenvalue weighted by atomic mass is 16.3. The van der Waals surface area contributed by atoms with Gasteiger partial charge in [0.1, 0.15) is 5.58 Å². The van der Waals surface area contributed by atoms with E-state index in [4.69, 9.17) is 4.42 Å². The molecular formula is C53H39NO. The van der Waals surface area contributed by atoms with Crippen molar-refractivity contribution in [3.8, 4) is 33.4 Å².